The Morgan fingerprint density at radius 2 is 1.84 bits per heavy atom. The smallest absolute Gasteiger partial charge is 0.412 e. The molecule has 2 rings (SSSR count). The second-order valence-electron chi connectivity index (χ2n) is 8.79. The molecule has 0 saturated carbocycles. The lowest BCUT2D eigenvalue weighted by atomic mass is 10.1. The van der Waals surface area contributed by atoms with Crippen LogP contribution in [0, 0.1) is 0 Å². The monoisotopic (exact) mass is 436 g/mol. The summed E-state index contributed by atoms with van der Waals surface area (Å²) >= 11 is 0. The van der Waals surface area contributed by atoms with Crippen molar-refractivity contribution in [3.8, 4) is 0 Å². The van der Waals surface area contributed by atoms with E-state index in [1.54, 1.807) is 34.6 Å². The zero-order valence-corrected chi connectivity index (χ0v) is 19.2. The van der Waals surface area contributed by atoms with E-state index in [2.05, 4.69) is 0 Å². The zero-order valence-electron chi connectivity index (χ0n) is 19.2. The molecule has 1 aromatic rings. The Kier molecular flexibility index (Phi) is 7.67. The van der Waals surface area contributed by atoms with Crippen molar-refractivity contribution >= 4 is 18.0 Å². The lowest BCUT2D eigenvalue weighted by Gasteiger charge is -2.39. The summed E-state index contributed by atoms with van der Waals surface area (Å²) in [6, 6.07) is 7.25. The molecule has 2 atom stereocenters. The van der Waals surface area contributed by atoms with Crippen molar-refractivity contribution in [3.05, 3.63) is 35.9 Å². The Morgan fingerprint density at radius 3 is 2.35 bits per heavy atom. The molecule has 0 bridgehead atoms. The van der Waals surface area contributed by atoms with Gasteiger partial charge in [-0.25, -0.2) is 4.79 Å². The third-order valence-corrected chi connectivity index (χ3v) is 4.65. The van der Waals surface area contributed by atoms with Gasteiger partial charge in [-0.1, -0.05) is 30.3 Å². The van der Waals surface area contributed by atoms with Crippen LogP contribution in [-0.4, -0.2) is 65.1 Å². The van der Waals surface area contributed by atoms with Crippen LogP contribution in [0.5, 0.6) is 0 Å². The number of carbonyl (C=O) groups is 3. The summed E-state index contributed by atoms with van der Waals surface area (Å²) in [6.07, 6.45) is -0.642. The number of hydroxylamine groups is 2. The quantitative estimate of drug-likeness (QED) is 0.496. The van der Waals surface area contributed by atoms with E-state index in [1.165, 1.54) is 24.0 Å². The highest BCUT2D eigenvalue weighted by atomic mass is 16.7. The Morgan fingerprint density at radius 1 is 1.23 bits per heavy atom. The van der Waals surface area contributed by atoms with E-state index in [0.29, 0.717) is 0 Å². The second-order valence-corrected chi connectivity index (χ2v) is 8.79. The minimum Gasteiger partial charge on any atom is -0.468 e. The number of hydrogen-bond donors (Lipinski definition) is 0. The first-order valence-electron chi connectivity index (χ1n) is 10.1. The molecule has 1 aromatic carbocycles. The molecule has 0 spiro atoms. The summed E-state index contributed by atoms with van der Waals surface area (Å²) in [7, 11) is 1.24. The van der Waals surface area contributed by atoms with Crippen molar-refractivity contribution < 1.29 is 33.4 Å². The molecule has 1 aliphatic rings. The van der Waals surface area contributed by atoms with Gasteiger partial charge in [-0.05, 0) is 40.2 Å². The predicted octanol–water partition coefficient (Wildman–Crippen LogP) is 2.88. The average molecular weight is 437 g/mol. The summed E-state index contributed by atoms with van der Waals surface area (Å²) in [4.78, 5) is 44.6. The van der Waals surface area contributed by atoms with Crippen LogP contribution in [0.25, 0.3) is 0 Å². The molecular weight excluding hydrogens is 404 g/mol. The van der Waals surface area contributed by atoms with Crippen molar-refractivity contribution in [2.45, 2.75) is 71.5 Å². The molecule has 0 N–H and O–H groups in total. The summed E-state index contributed by atoms with van der Waals surface area (Å²) in [5, 5.41) is 1.23. The van der Waals surface area contributed by atoms with Gasteiger partial charge < -0.3 is 19.0 Å². The molecule has 0 radical (unpaired) electrons. The first-order valence-corrected chi connectivity index (χ1v) is 10.1. The largest absolute Gasteiger partial charge is 0.468 e. The third-order valence-electron chi connectivity index (χ3n) is 4.65. The van der Waals surface area contributed by atoms with E-state index in [0.717, 1.165) is 5.56 Å². The second kappa shape index (κ2) is 9.65. The molecule has 172 valence electrons. The van der Waals surface area contributed by atoms with E-state index < -0.39 is 41.4 Å². The fourth-order valence-electron chi connectivity index (χ4n) is 3.43. The summed E-state index contributed by atoms with van der Waals surface area (Å²) in [5.41, 5.74) is -0.992. The lowest BCUT2D eigenvalue weighted by molar-refractivity contribution is -0.214. The molecular formula is C22H32N2O7. The van der Waals surface area contributed by atoms with Crippen molar-refractivity contribution in [1.82, 2.24) is 9.96 Å². The van der Waals surface area contributed by atoms with Crippen molar-refractivity contribution in [3.63, 3.8) is 0 Å². The van der Waals surface area contributed by atoms with E-state index in [9.17, 15) is 14.4 Å². The molecule has 1 aliphatic heterocycles. The van der Waals surface area contributed by atoms with Crippen LogP contribution in [0.1, 0.15) is 47.1 Å². The first-order chi connectivity index (χ1) is 14.4. The SMILES string of the molecule is COC(=O)[C@@H]([C@@H]1COC(C)(C)N1C(=O)OC(C)(C)C)N(Cc1ccccc1)OC(C)=O. The van der Waals surface area contributed by atoms with Crippen LogP contribution < -0.4 is 0 Å². The van der Waals surface area contributed by atoms with Crippen LogP contribution in [-0.2, 0) is 35.2 Å². The van der Waals surface area contributed by atoms with Gasteiger partial charge in [0.25, 0.3) is 0 Å². The molecule has 0 aliphatic carbocycles. The molecule has 1 heterocycles. The van der Waals surface area contributed by atoms with Gasteiger partial charge in [0.1, 0.15) is 11.3 Å². The van der Waals surface area contributed by atoms with Crippen molar-refractivity contribution in [2.24, 2.45) is 0 Å². The maximum absolute atomic E-state index is 13.1. The van der Waals surface area contributed by atoms with Crippen LogP contribution in [0.4, 0.5) is 4.79 Å². The van der Waals surface area contributed by atoms with Gasteiger partial charge in [-0.3, -0.25) is 14.5 Å². The van der Waals surface area contributed by atoms with E-state index in [1.807, 2.05) is 30.3 Å². The van der Waals surface area contributed by atoms with Gasteiger partial charge in [-0.2, -0.15) is 0 Å². The molecule has 9 heteroatoms. The Bertz CT molecular complexity index is 789. The number of carbonyl (C=O) groups excluding carboxylic acids is 3. The Labute approximate surface area is 183 Å². The summed E-state index contributed by atoms with van der Waals surface area (Å²) < 4.78 is 16.4. The van der Waals surface area contributed by atoms with Crippen LogP contribution in [0.3, 0.4) is 0 Å². The van der Waals surface area contributed by atoms with Crippen LogP contribution in [0.15, 0.2) is 30.3 Å². The lowest BCUT2D eigenvalue weighted by Crippen LogP contribution is -2.59. The van der Waals surface area contributed by atoms with Gasteiger partial charge in [0.2, 0.25) is 0 Å². The highest BCUT2D eigenvalue weighted by Gasteiger charge is 2.53. The number of amides is 1. The molecule has 9 nitrogen and oxygen atoms in total. The normalized spacial score (nSPS) is 19.1. The van der Waals surface area contributed by atoms with Crippen LogP contribution >= 0.6 is 0 Å². The maximum Gasteiger partial charge on any atom is 0.412 e. The summed E-state index contributed by atoms with van der Waals surface area (Å²) in [6.45, 7) is 10.1. The average Bonchev–Trinajstić information content (AvgIpc) is 2.95. The number of nitrogens with zero attached hydrogens (tertiary/aromatic N) is 2. The van der Waals surface area contributed by atoms with Gasteiger partial charge >= 0.3 is 18.0 Å². The minimum absolute atomic E-state index is 0.0264. The zero-order chi connectivity index (χ0) is 23.4. The molecule has 0 aromatic heterocycles. The molecule has 31 heavy (non-hydrogen) atoms. The number of methoxy groups -OCH3 is 1. The number of esters is 1. The fourth-order valence-corrected chi connectivity index (χ4v) is 3.43. The van der Waals surface area contributed by atoms with Crippen molar-refractivity contribution in [2.75, 3.05) is 13.7 Å². The fraction of sp³-hybridized carbons (Fsp3) is 0.591. The topological polar surface area (TPSA) is 94.6 Å². The van der Waals surface area contributed by atoms with Crippen LogP contribution in [0.2, 0.25) is 0 Å². The number of ether oxygens (including phenoxy) is 3. The minimum atomic E-state index is -1.14. The summed E-state index contributed by atoms with van der Waals surface area (Å²) in [5.74, 6) is -1.27. The van der Waals surface area contributed by atoms with Gasteiger partial charge in [0.15, 0.2) is 6.04 Å². The van der Waals surface area contributed by atoms with E-state index >= 15 is 0 Å². The Balaban J connectivity index is 2.46. The molecule has 1 saturated heterocycles. The van der Waals surface area contributed by atoms with Gasteiger partial charge in [-0.15, -0.1) is 5.06 Å². The first kappa shape index (κ1) is 24.6. The molecule has 1 fully saturated rings. The van der Waals surface area contributed by atoms with E-state index in [-0.39, 0.29) is 13.2 Å². The number of rotatable bonds is 6. The van der Waals surface area contributed by atoms with Gasteiger partial charge in [0, 0.05) is 6.92 Å². The number of hydrogen-bond acceptors (Lipinski definition) is 8. The maximum atomic E-state index is 13.1. The third kappa shape index (κ3) is 6.41. The highest BCUT2D eigenvalue weighted by Crippen LogP contribution is 2.33. The van der Waals surface area contributed by atoms with Crippen molar-refractivity contribution in [1.29, 1.82) is 0 Å². The van der Waals surface area contributed by atoms with E-state index in [4.69, 9.17) is 19.0 Å². The standard InChI is InChI=1S/C22H32N2O7/c1-15(25)31-23(13-16-11-9-8-10-12-16)18(19(26)28-7)17-14-29-22(5,6)24(17)20(27)30-21(2,3)4/h8-12,17-18H,13-14H2,1-7H3/t17-,18+/m0/s1. The number of benzene rings is 1. The Hall–Kier alpha value is -2.65. The predicted molar refractivity (Wildman–Crippen MR) is 111 cm³/mol. The van der Waals surface area contributed by atoms with Gasteiger partial charge in [0.05, 0.1) is 26.3 Å². The highest BCUT2D eigenvalue weighted by molar-refractivity contribution is 5.79. The molecule has 1 amide bonds. The molecule has 0 unspecified atom stereocenters.